The van der Waals surface area contributed by atoms with Crippen LogP contribution in [0.25, 0.3) is 0 Å². The Bertz CT molecular complexity index is 632. The fourth-order valence-electron chi connectivity index (χ4n) is 3.78. The second kappa shape index (κ2) is 6.81. The van der Waals surface area contributed by atoms with E-state index in [0.29, 0.717) is 25.3 Å². The van der Waals surface area contributed by atoms with Gasteiger partial charge in [-0.05, 0) is 31.9 Å². The predicted molar refractivity (Wildman–Crippen MR) is 90.8 cm³/mol. The van der Waals surface area contributed by atoms with E-state index in [1.165, 1.54) is 0 Å². The molecule has 0 radical (unpaired) electrons. The molecule has 3 rings (SSSR count). The molecule has 2 aliphatic heterocycles. The summed E-state index contributed by atoms with van der Waals surface area (Å²) in [4.78, 5) is 28.8. The first-order valence-corrected chi connectivity index (χ1v) is 8.48. The van der Waals surface area contributed by atoms with E-state index < -0.39 is 0 Å². The topological polar surface area (TPSA) is 61.9 Å². The molecule has 3 amide bonds. The van der Waals surface area contributed by atoms with Gasteiger partial charge in [0.1, 0.15) is 0 Å². The number of amides is 3. The lowest BCUT2D eigenvalue weighted by atomic mass is 9.97. The number of ether oxygens (including phenoxy) is 1. The lowest BCUT2D eigenvalue weighted by Crippen LogP contribution is -2.53. The van der Waals surface area contributed by atoms with Gasteiger partial charge in [0, 0.05) is 31.8 Å². The average Bonchev–Trinajstić information content (AvgIpc) is 2.90. The molecule has 1 aromatic carbocycles. The molecule has 2 saturated heterocycles. The summed E-state index contributed by atoms with van der Waals surface area (Å²) in [7, 11) is 1.63. The highest BCUT2D eigenvalue weighted by Gasteiger charge is 2.44. The number of carbonyl (C=O) groups excluding carboxylic acids is 2. The van der Waals surface area contributed by atoms with Crippen molar-refractivity contribution in [3.63, 3.8) is 0 Å². The fourth-order valence-corrected chi connectivity index (χ4v) is 3.78. The first kappa shape index (κ1) is 16.8. The monoisotopic (exact) mass is 331 g/mol. The highest BCUT2D eigenvalue weighted by molar-refractivity contribution is 5.96. The molecule has 130 valence electrons. The molecule has 0 unspecified atom stereocenters. The van der Waals surface area contributed by atoms with Crippen LogP contribution in [0.4, 0.5) is 4.79 Å². The Morgan fingerprint density at radius 3 is 2.83 bits per heavy atom. The number of rotatable bonds is 4. The van der Waals surface area contributed by atoms with Gasteiger partial charge in [-0.25, -0.2) is 4.79 Å². The SMILES string of the molecule is COCc1ccccc1C(=O)N1CC[C@H]2[C@@H](C1)NC(=O)N2C(C)C. The normalized spacial score (nSPS) is 23.4. The molecule has 1 N–H and O–H groups in total. The number of nitrogens with zero attached hydrogens (tertiary/aromatic N) is 2. The molecule has 0 aliphatic carbocycles. The minimum absolute atomic E-state index is 0.00665. The first-order chi connectivity index (χ1) is 11.5. The van der Waals surface area contributed by atoms with Gasteiger partial charge in [0.05, 0.1) is 18.7 Å². The standard InChI is InChI=1S/C18H25N3O3/c1-12(2)21-16-8-9-20(10-15(16)19-18(21)23)17(22)14-7-5-4-6-13(14)11-24-3/h4-7,12,15-16H,8-11H2,1-3H3,(H,19,23)/t15-,16+/m1/s1. The summed E-state index contributed by atoms with van der Waals surface area (Å²) in [5, 5.41) is 3.03. The molecule has 0 saturated carbocycles. The van der Waals surface area contributed by atoms with Gasteiger partial charge in [0.25, 0.3) is 5.91 Å². The number of hydrogen-bond acceptors (Lipinski definition) is 3. The third kappa shape index (κ3) is 2.98. The lowest BCUT2D eigenvalue weighted by molar-refractivity contribution is 0.0640. The molecule has 0 spiro atoms. The summed E-state index contributed by atoms with van der Waals surface area (Å²) >= 11 is 0. The molecule has 1 aromatic rings. The Hall–Kier alpha value is -2.08. The molecular formula is C18H25N3O3. The van der Waals surface area contributed by atoms with Crippen molar-refractivity contribution in [2.75, 3.05) is 20.2 Å². The molecule has 2 heterocycles. The number of likely N-dealkylation sites (tertiary alicyclic amines) is 1. The minimum atomic E-state index is -0.0194. The van der Waals surface area contributed by atoms with E-state index in [-0.39, 0.29) is 30.1 Å². The maximum atomic E-state index is 12.9. The van der Waals surface area contributed by atoms with Crippen molar-refractivity contribution in [1.82, 2.24) is 15.1 Å². The van der Waals surface area contributed by atoms with Crippen LogP contribution in [0.5, 0.6) is 0 Å². The van der Waals surface area contributed by atoms with Crippen molar-refractivity contribution in [3.05, 3.63) is 35.4 Å². The van der Waals surface area contributed by atoms with E-state index >= 15 is 0 Å². The van der Waals surface area contributed by atoms with Gasteiger partial charge in [-0.15, -0.1) is 0 Å². The van der Waals surface area contributed by atoms with Crippen LogP contribution in [-0.4, -0.2) is 60.1 Å². The second-order valence-electron chi connectivity index (χ2n) is 6.75. The Balaban J connectivity index is 1.75. The van der Waals surface area contributed by atoms with Crippen molar-refractivity contribution in [1.29, 1.82) is 0 Å². The summed E-state index contributed by atoms with van der Waals surface area (Å²) in [5.41, 5.74) is 1.58. The molecular weight excluding hydrogens is 306 g/mol. The van der Waals surface area contributed by atoms with Crippen LogP contribution in [0, 0.1) is 0 Å². The third-order valence-electron chi connectivity index (χ3n) is 4.87. The van der Waals surface area contributed by atoms with Gasteiger partial charge in [0.15, 0.2) is 0 Å². The summed E-state index contributed by atoms with van der Waals surface area (Å²) in [6, 6.07) is 7.88. The summed E-state index contributed by atoms with van der Waals surface area (Å²) in [6.45, 7) is 5.69. The van der Waals surface area contributed by atoms with E-state index in [2.05, 4.69) is 5.32 Å². The first-order valence-electron chi connectivity index (χ1n) is 8.48. The van der Waals surface area contributed by atoms with Gasteiger partial charge in [-0.3, -0.25) is 4.79 Å². The quantitative estimate of drug-likeness (QED) is 0.916. The van der Waals surface area contributed by atoms with E-state index in [1.54, 1.807) is 7.11 Å². The van der Waals surface area contributed by atoms with Crippen LogP contribution in [-0.2, 0) is 11.3 Å². The minimum Gasteiger partial charge on any atom is -0.380 e. The molecule has 2 fully saturated rings. The number of nitrogens with one attached hydrogen (secondary N) is 1. The van der Waals surface area contributed by atoms with Crippen LogP contribution in [0.2, 0.25) is 0 Å². The van der Waals surface area contributed by atoms with Gasteiger partial charge < -0.3 is 19.9 Å². The largest absolute Gasteiger partial charge is 0.380 e. The summed E-state index contributed by atoms with van der Waals surface area (Å²) < 4.78 is 5.20. The smallest absolute Gasteiger partial charge is 0.318 e. The number of carbonyl (C=O) groups is 2. The Kier molecular flexibility index (Phi) is 4.76. The van der Waals surface area contributed by atoms with Crippen molar-refractivity contribution in [2.45, 2.75) is 45.0 Å². The van der Waals surface area contributed by atoms with Gasteiger partial charge >= 0.3 is 6.03 Å². The van der Waals surface area contributed by atoms with E-state index in [1.807, 2.05) is 47.9 Å². The van der Waals surface area contributed by atoms with Crippen molar-refractivity contribution >= 4 is 11.9 Å². The molecule has 6 heteroatoms. The Morgan fingerprint density at radius 1 is 1.38 bits per heavy atom. The maximum Gasteiger partial charge on any atom is 0.318 e. The summed E-state index contributed by atoms with van der Waals surface area (Å²) in [5.74, 6) is 0.0124. The highest BCUT2D eigenvalue weighted by Crippen LogP contribution is 2.26. The van der Waals surface area contributed by atoms with Gasteiger partial charge in [-0.1, -0.05) is 18.2 Å². The Labute approximate surface area is 142 Å². The van der Waals surface area contributed by atoms with Crippen LogP contribution < -0.4 is 5.32 Å². The van der Waals surface area contributed by atoms with Crippen LogP contribution in [0.1, 0.15) is 36.2 Å². The number of piperidine rings is 1. The lowest BCUT2D eigenvalue weighted by Gasteiger charge is -2.38. The van der Waals surface area contributed by atoms with E-state index in [9.17, 15) is 9.59 Å². The molecule has 2 atom stereocenters. The molecule has 0 aromatic heterocycles. The number of methoxy groups -OCH3 is 1. The molecule has 24 heavy (non-hydrogen) atoms. The van der Waals surface area contributed by atoms with Crippen LogP contribution >= 0.6 is 0 Å². The molecule has 6 nitrogen and oxygen atoms in total. The number of urea groups is 1. The van der Waals surface area contributed by atoms with Gasteiger partial charge in [0.2, 0.25) is 0 Å². The zero-order valence-electron chi connectivity index (χ0n) is 14.5. The number of benzene rings is 1. The third-order valence-corrected chi connectivity index (χ3v) is 4.87. The molecule has 2 aliphatic rings. The van der Waals surface area contributed by atoms with Crippen LogP contribution in [0.3, 0.4) is 0 Å². The molecule has 0 bridgehead atoms. The van der Waals surface area contributed by atoms with Crippen molar-refractivity contribution < 1.29 is 14.3 Å². The van der Waals surface area contributed by atoms with E-state index in [4.69, 9.17) is 4.74 Å². The average molecular weight is 331 g/mol. The number of hydrogen-bond donors (Lipinski definition) is 1. The fraction of sp³-hybridized carbons (Fsp3) is 0.556. The Morgan fingerprint density at radius 2 is 2.12 bits per heavy atom. The predicted octanol–water partition coefficient (Wildman–Crippen LogP) is 1.85. The second-order valence-corrected chi connectivity index (χ2v) is 6.75. The maximum absolute atomic E-state index is 12.9. The van der Waals surface area contributed by atoms with Crippen molar-refractivity contribution in [3.8, 4) is 0 Å². The van der Waals surface area contributed by atoms with Crippen LogP contribution in [0.15, 0.2) is 24.3 Å². The number of fused-ring (bicyclic) bond motifs is 1. The summed E-state index contributed by atoms with van der Waals surface area (Å²) in [6.07, 6.45) is 0.805. The van der Waals surface area contributed by atoms with Gasteiger partial charge in [-0.2, -0.15) is 0 Å². The van der Waals surface area contributed by atoms with E-state index in [0.717, 1.165) is 12.0 Å². The highest BCUT2D eigenvalue weighted by atomic mass is 16.5. The zero-order valence-corrected chi connectivity index (χ0v) is 14.5. The van der Waals surface area contributed by atoms with Crippen molar-refractivity contribution in [2.24, 2.45) is 0 Å². The zero-order chi connectivity index (χ0) is 17.3.